The van der Waals surface area contributed by atoms with E-state index < -0.39 is 0 Å². The van der Waals surface area contributed by atoms with Crippen LogP contribution in [-0.4, -0.2) is 34.9 Å². The predicted molar refractivity (Wildman–Crippen MR) is 103 cm³/mol. The number of rotatable bonds is 4. The number of benzene rings is 1. The van der Waals surface area contributed by atoms with Crippen LogP contribution in [0.15, 0.2) is 34.9 Å². The highest BCUT2D eigenvalue weighted by Gasteiger charge is 2.21. The lowest BCUT2D eigenvalue weighted by Crippen LogP contribution is -2.45. The number of nitrogens with zero attached hydrogens (tertiary/aromatic N) is 2. The van der Waals surface area contributed by atoms with Gasteiger partial charge in [-0.3, -0.25) is 4.79 Å². The molecule has 1 aliphatic heterocycles. The Kier molecular flexibility index (Phi) is 8.42. The lowest BCUT2D eigenvalue weighted by atomic mass is 10.1. The minimum absolute atomic E-state index is 0. The Morgan fingerprint density at radius 2 is 2.04 bits per heavy atom. The van der Waals surface area contributed by atoms with Gasteiger partial charge in [0.1, 0.15) is 0 Å². The highest BCUT2D eigenvalue weighted by atomic mass is 35.5. The minimum Gasteiger partial charge on any atom is -0.441 e. The van der Waals surface area contributed by atoms with Crippen molar-refractivity contribution in [2.45, 2.75) is 38.6 Å². The molecule has 0 aliphatic carbocycles. The number of oxazole rings is 1. The molecule has 5 nitrogen and oxygen atoms in total. The van der Waals surface area contributed by atoms with Crippen molar-refractivity contribution in [3.8, 4) is 11.3 Å². The quantitative estimate of drug-likeness (QED) is 0.875. The number of carbonyl (C=O) groups excluding carboxylic acids is 1. The van der Waals surface area contributed by atoms with E-state index in [1.807, 2.05) is 36.1 Å². The highest BCUT2D eigenvalue weighted by molar-refractivity contribution is 5.85. The first-order chi connectivity index (χ1) is 11.1. The van der Waals surface area contributed by atoms with Crippen LogP contribution < -0.4 is 5.73 Å². The molecular weight excluding hydrogens is 361 g/mol. The molecule has 2 heterocycles. The van der Waals surface area contributed by atoms with E-state index in [0.717, 1.165) is 30.7 Å². The van der Waals surface area contributed by atoms with E-state index in [2.05, 4.69) is 4.98 Å². The topological polar surface area (TPSA) is 72.4 Å². The third kappa shape index (κ3) is 5.73. The maximum atomic E-state index is 12.2. The smallest absolute Gasteiger partial charge is 0.223 e. The van der Waals surface area contributed by atoms with Gasteiger partial charge in [0, 0.05) is 37.5 Å². The van der Waals surface area contributed by atoms with Crippen molar-refractivity contribution in [1.82, 2.24) is 9.88 Å². The molecule has 1 atom stereocenters. The van der Waals surface area contributed by atoms with Crippen LogP contribution >= 0.6 is 24.8 Å². The van der Waals surface area contributed by atoms with Gasteiger partial charge in [0.2, 0.25) is 5.91 Å². The number of nitrogens with two attached hydrogens (primary N) is 1. The first-order valence-electron chi connectivity index (χ1n) is 8.17. The zero-order valence-electron chi connectivity index (χ0n) is 14.3. The number of hydrogen-bond acceptors (Lipinski definition) is 4. The van der Waals surface area contributed by atoms with Crippen LogP contribution in [0.3, 0.4) is 0 Å². The number of piperidine rings is 1. The van der Waals surface area contributed by atoms with Crippen LogP contribution in [0.2, 0.25) is 0 Å². The van der Waals surface area contributed by atoms with Gasteiger partial charge >= 0.3 is 0 Å². The Hall–Kier alpha value is -1.56. The number of aromatic nitrogens is 1. The Morgan fingerprint density at radius 1 is 1.32 bits per heavy atom. The van der Waals surface area contributed by atoms with Gasteiger partial charge in [0.15, 0.2) is 11.7 Å². The molecular formula is C18H25Cl2N3O2. The summed E-state index contributed by atoms with van der Waals surface area (Å²) in [4.78, 5) is 18.4. The van der Waals surface area contributed by atoms with E-state index in [9.17, 15) is 4.79 Å². The van der Waals surface area contributed by atoms with Gasteiger partial charge in [-0.2, -0.15) is 0 Å². The van der Waals surface area contributed by atoms with E-state index in [1.165, 1.54) is 5.56 Å². The summed E-state index contributed by atoms with van der Waals surface area (Å²) in [6.07, 6.45) is 4.66. The fourth-order valence-corrected chi connectivity index (χ4v) is 2.89. The molecule has 1 unspecified atom stereocenters. The van der Waals surface area contributed by atoms with Gasteiger partial charge in [-0.25, -0.2) is 4.98 Å². The molecule has 1 amide bonds. The summed E-state index contributed by atoms with van der Waals surface area (Å²) in [6, 6.07) is 8.23. The number of likely N-dealkylation sites (tertiary alicyclic amines) is 1. The molecule has 1 saturated heterocycles. The van der Waals surface area contributed by atoms with Gasteiger partial charge in [0.25, 0.3) is 0 Å². The second-order valence-electron chi connectivity index (χ2n) is 6.23. The van der Waals surface area contributed by atoms with Crippen LogP contribution in [-0.2, 0) is 11.2 Å². The largest absolute Gasteiger partial charge is 0.441 e. The molecule has 1 fully saturated rings. The second-order valence-corrected chi connectivity index (χ2v) is 6.23. The second kappa shape index (κ2) is 9.80. The summed E-state index contributed by atoms with van der Waals surface area (Å²) >= 11 is 0. The third-order valence-corrected chi connectivity index (χ3v) is 4.25. The van der Waals surface area contributed by atoms with Gasteiger partial charge in [-0.15, -0.1) is 24.8 Å². The highest BCUT2D eigenvalue weighted by Crippen LogP contribution is 2.21. The molecule has 1 aromatic heterocycles. The van der Waals surface area contributed by atoms with Crippen molar-refractivity contribution < 1.29 is 9.21 Å². The maximum absolute atomic E-state index is 12.2. The molecule has 2 N–H and O–H groups in total. The van der Waals surface area contributed by atoms with E-state index in [1.54, 1.807) is 6.20 Å². The van der Waals surface area contributed by atoms with Crippen molar-refractivity contribution in [1.29, 1.82) is 0 Å². The molecule has 138 valence electrons. The van der Waals surface area contributed by atoms with Crippen LogP contribution in [0.5, 0.6) is 0 Å². The molecule has 0 spiro atoms. The monoisotopic (exact) mass is 385 g/mol. The Morgan fingerprint density at radius 3 is 2.72 bits per heavy atom. The van der Waals surface area contributed by atoms with Crippen molar-refractivity contribution in [3.63, 3.8) is 0 Å². The number of carbonyl (C=O) groups is 1. The molecule has 25 heavy (non-hydrogen) atoms. The summed E-state index contributed by atoms with van der Waals surface area (Å²) < 4.78 is 5.76. The van der Waals surface area contributed by atoms with Crippen molar-refractivity contribution in [3.05, 3.63) is 41.9 Å². The SMILES string of the molecule is Cc1ccc(-c2cnc(CCC(=O)N3CCCC(N)C3)o2)cc1.Cl.Cl. The standard InChI is InChI=1S/C18H23N3O2.2ClH/c1-13-4-6-14(7-5-13)16-11-20-17(23-16)8-9-18(22)21-10-2-3-15(19)12-21;;/h4-7,11,15H,2-3,8-10,12,19H2,1H3;2*1H. The molecule has 0 radical (unpaired) electrons. The molecule has 1 aromatic carbocycles. The number of amides is 1. The van der Waals surface area contributed by atoms with Gasteiger partial charge in [-0.05, 0) is 19.8 Å². The van der Waals surface area contributed by atoms with Crippen LogP contribution in [0.1, 0.15) is 30.7 Å². The lowest BCUT2D eigenvalue weighted by molar-refractivity contribution is -0.132. The zero-order chi connectivity index (χ0) is 16.2. The lowest BCUT2D eigenvalue weighted by Gasteiger charge is -2.30. The Bertz CT molecular complexity index is 673. The van der Waals surface area contributed by atoms with Crippen LogP contribution in [0.25, 0.3) is 11.3 Å². The van der Waals surface area contributed by atoms with Crippen molar-refractivity contribution >= 4 is 30.7 Å². The third-order valence-electron chi connectivity index (χ3n) is 4.25. The predicted octanol–water partition coefficient (Wildman–Crippen LogP) is 3.38. The minimum atomic E-state index is 0. The molecule has 0 bridgehead atoms. The average molecular weight is 386 g/mol. The zero-order valence-corrected chi connectivity index (χ0v) is 15.9. The number of aryl methyl sites for hydroxylation is 2. The van der Waals surface area contributed by atoms with Crippen molar-refractivity contribution in [2.75, 3.05) is 13.1 Å². The molecule has 3 rings (SSSR count). The summed E-state index contributed by atoms with van der Waals surface area (Å²) in [5, 5.41) is 0. The fraction of sp³-hybridized carbons (Fsp3) is 0.444. The van der Waals surface area contributed by atoms with Crippen LogP contribution in [0.4, 0.5) is 0 Å². The molecule has 0 saturated carbocycles. The number of hydrogen-bond donors (Lipinski definition) is 1. The van der Waals surface area contributed by atoms with Crippen molar-refractivity contribution in [2.24, 2.45) is 5.73 Å². The summed E-state index contributed by atoms with van der Waals surface area (Å²) in [7, 11) is 0. The normalized spacial score (nSPS) is 16.7. The maximum Gasteiger partial charge on any atom is 0.223 e. The van der Waals surface area contributed by atoms with E-state index >= 15 is 0 Å². The summed E-state index contributed by atoms with van der Waals surface area (Å²) in [6.45, 7) is 3.53. The Labute approximate surface area is 160 Å². The van der Waals surface area contributed by atoms with E-state index in [4.69, 9.17) is 10.2 Å². The molecule has 7 heteroatoms. The molecule has 1 aliphatic rings. The van der Waals surface area contributed by atoms with Gasteiger partial charge in [-0.1, -0.05) is 29.8 Å². The average Bonchev–Trinajstić information content (AvgIpc) is 3.02. The summed E-state index contributed by atoms with van der Waals surface area (Å²) in [5.74, 6) is 1.48. The first kappa shape index (κ1) is 21.5. The number of halogens is 2. The van der Waals surface area contributed by atoms with Gasteiger partial charge in [0.05, 0.1) is 6.20 Å². The van der Waals surface area contributed by atoms with E-state index in [0.29, 0.717) is 25.3 Å². The van der Waals surface area contributed by atoms with Gasteiger partial charge < -0.3 is 15.1 Å². The fourth-order valence-electron chi connectivity index (χ4n) is 2.89. The van der Waals surface area contributed by atoms with E-state index in [-0.39, 0.29) is 36.8 Å². The Balaban J connectivity index is 0.00000156. The first-order valence-corrected chi connectivity index (χ1v) is 8.17. The molecule has 2 aromatic rings. The van der Waals surface area contributed by atoms with Crippen LogP contribution in [0, 0.1) is 6.92 Å². The summed E-state index contributed by atoms with van der Waals surface area (Å²) in [5.41, 5.74) is 8.13.